The van der Waals surface area contributed by atoms with Crippen LogP contribution in [-0.4, -0.2) is 260 Å². The van der Waals surface area contributed by atoms with Crippen molar-refractivity contribution in [2.45, 2.75) is 61.9 Å². The van der Waals surface area contributed by atoms with Gasteiger partial charge in [0.25, 0.3) is 34.1 Å². The molecule has 51 nitrogen and oxygen atoms in total. The molecule has 6 unspecified atom stereocenters. The van der Waals surface area contributed by atoms with Gasteiger partial charge >= 0.3 is 137 Å². The number of nitrogens with one attached hydrogen (secondary N) is 2. The Bertz CT molecular complexity index is 5780. The molecule has 6 aliphatic rings. The van der Waals surface area contributed by atoms with Gasteiger partial charge in [0.15, 0.2) is 59.3 Å². The van der Waals surface area contributed by atoms with Crippen LogP contribution in [0, 0.1) is 0 Å². The Morgan fingerprint density at radius 1 is 0.453 bits per heavy atom. The number of carbonyl (C=O) groups excluding carboxylic acids is 12. The predicted octanol–water partition coefficient (Wildman–Crippen LogP) is 3.32. The zero-order valence-corrected chi connectivity index (χ0v) is 88.6. The standard InChI is InChI=1S/C16H15N5O6S2.C14H13N5O5S2.C9H10N2O3S.2C7H6ClN3O3S.C7H7N3O4S.C5H5N3O3S.CH2Cl2.Cl5P.2ClH.Na/c1-3-7-4-28-14-10(13(24)21(14)11(7)15(25)26)19-12(23)9(20-27-6(2)22)8-5-29-16(17)18-8;1-2-5-3-25-12-8(11(21)19(12)9(5)13(22)23)17-10(20)7(18-24)6-4-26-14(15)16-6;1-2-4-3-15-8-5(10)7(12)11(8)6(4)9(13)14;2*1-3(12)14-11-5(6(8)13)4-2-15-7(9)10-4;1-3(11)14-10-5(6(12)13)4-2-15-7(8)9-4;6-5-7-2(1-12-5)3(8-11)4(9)10;2-1-3;1-6(2,3,4)5;;;/h3,5,10,14H,1,4H2,2H3,(H2,17,18)(H,19,23)(H,25,26);2,4,8,12,24H,1,3H2,(H2,15,16)(H,17,20)(H,22,23);2,5,8H,1,3,10H2,(H,13,14);2*2H,1H3,(H2,9,10);2H,1H3,(H2,8,9)(H,12,13);1,11H,(H2,6,7)(H,9,10);1H2;;2*1H;/q;;;;;;;;;;;+1/p-1/b20-9-;18-7-;;2*11-5-;10-5-;8-3-;;;;;. The van der Waals surface area contributed by atoms with Gasteiger partial charge in [-0.2, -0.15) is 0 Å². The van der Waals surface area contributed by atoms with Crippen molar-refractivity contribution in [1.82, 2.24) is 55.2 Å². The van der Waals surface area contributed by atoms with Gasteiger partial charge < -0.3 is 111 Å². The number of fused-ring (bicyclic) bond motifs is 3. The molecule has 139 heavy (non-hydrogen) atoms. The van der Waals surface area contributed by atoms with E-state index < -0.39 is 132 Å². The quantitative estimate of drug-likeness (QED) is 0.00475. The number of anilines is 6. The van der Waals surface area contributed by atoms with Gasteiger partial charge in [-0.25, -0.2) is 68.3 Å². The molecule has 5 amide bonds. The van der Waals surface area contributed by atoms with Crippen molar-refractivity contribution in [3.63, 3.8) is 0 Å². The Kier molecular flexibility index (Phi) is 54.2. The fraction of sp³-hybridized carbons (Fsp3) is 0.212. The minimum atomic E-state index is -3.69. The number of aromatic nitrogens is 6. The number of carboxylic acids is 5. The number of alkyl halides is 2. The number of amides is 5. The molecular weight excluding hydrogens is 2290 g/mol. The second-order valence-corrected chi connectivity index (χ2v) is 50.9. The van der Waals surface area contributed by atoms with Crippen LogP contribution in [0.3, 0.4) is 0 Å². The van der Waals surface area contributed by atoms with Gasteiger partial charge in [-0.05, 0) is 39.9 Å². The second kappa shape index (κ2) is 59.2. The molecule has 748 valence electrons. The number of oxime groups is 6. The van der Waals surface area contributed by atoms with Crippen LogP contribution in [0.4, 0.5) is 30.8 Å². The number of β-lactam (4-membered cyclic amide) rings is 3. The molecule has 12 rings (SSSR count). The van der Waals surface area contributed by atoms with Crippen molar-refractivity contribution >= 4 is 393 Å². The van der Waals surface area contributed by atoms with E-state index in [1.54, 1.807) is 0 Å². The summed E-state index contributed by atoms with van der Waals surface area (Å²) in [7, 11) is 0. The van der Waals surface area contributed by atoms with Crippen molar-refractivity contribution in [3.05, 3.63) is 138 Å². The molecule has 22 N–H and O–H groups in total. The Morgan fingerprint density at radius 2 is 0.683 bits per heavy atom. The van der Waals surface area contributed by atoms with E-state index in [4.69, 9.17) is 163 Å². The number of nitrogens with two attached hydrogens (primary N) is 7. The maximum absolute atomic E-state index is 12.7. The molecule has 0 bridgehead atoms. The molecule has 12 heterocycles. The molecule has 0 aliphatic carbocycles. The molecule has 0 saturated carbocycles. The van der Waals surface area contributed by atoms with E-state index in [1.807, 2.05) is 0 Å². The van der Waals surface area contributed by atoms with Crippen molar-refractivity contribution < 1.29 is 162 Å². The number of carboxylic acid groups (broad SMARTS) is 5. The SMILES string of the molecule is C=CC1=C(C(=O)O)N2C(=O)C(N)C2SC1.C=CC1=C(C(=O)O)N2C(=O)C(NC(=O)/C(=N\O)c3csc(N)n3)C2SC1.C=CC1=C(C(=O)O)N2C(=O)C(NC(=O)/C(=N\OC(C)=O)c3csc(N)n3)C2SC1.CC(=O)O/N=C(\C(=O)Cl)c1csc(N)n1.CC(=O)O/N=C(\C(=O)Cl)c1csc(N)n1.CC(=O)O/N=C(\C(=O)O)c1csc(N)n1.Cl.Cl.ClCCl.ClP(Cl)(Cl)(Cl)Cl.Nc1nc(/C(=N/O)C(=O)[O-])cs1.[Na+]. The summed E-state index contributed by atoms with van der Waals surface area (Å²) < 4.78 is -3.69. The number of hydrogen-bond acceptors (Lipinski definition) is 51. The summed E-state index contributed by atoms with van der Waals surface area (Å²) >= 11 is 55.4. The van der Waals surface area contributed by atoms with Gasteiger partial charge in [0.2, 0.25) is 11.6 Å². The maximum Gasteiger partial charge on any atom is 1.00 e. The van der Waals surface area contributed by atoms with Crippen LogP contribution >= 0.6 is 234 Å². The number of nitrogen functional groups attached to an aromatic ring is 6. The van der Waals surface area contributed by atoms with E-state index in [-0.39, 0.29) is 176 Å². The number of thioether (sulfide) groups is 3. The Balaban J connectivity index is 0.000000812. The first-order chi connectivity index (χ1) is 63.5. The van der Waals surface area contributed by atoms with Crippen LogP contribution < -0.4 is 85.4 Å². The van der Waals surface area contributed by atoms with Crippen LogP contribution in [0.2, 0.25) is 0 Å². The molecule has 0 aromatic carbocycles. The third-order valence-corrected chi connectivity index (χ3v) is 23.3. The fourth-order valence-corrected chi connectivity index (χ4v) is 17.2. The third-order valence-electron chi connectivity index (χ3n) is 15.0. The second-order valence-electron chi connectivity index (χ2n) is 24.1. The molecule has 6 aliphatic heterocycles. The van der Waals surface area contributed by atoms with E-state index in [0.29, 0.717) is 34.0 Å². The van der Waals surface area contributed by atoms with E-state index in [0.717, 1.165) is 106 Å². The van der Waals surface area contributed by atoms with Gasteiger partial charge in [0.05, 0.1) is 11.3 Å². The summed E-state index contributed by atoms with van der Waals surface area (Å²) in [5.74, 6) is -11.2. The Labute approximate surface area is 894 Å². The average molecular weight is 2360 g/mol. The van der Waals surface area contributed by atoms with Gasteiger partial charge in [0.1, 0.15) is 85.5 Å². The number of hydrogen-bond donors (Lipinski definition) is 15. The van der Waals surface area contributed by atoms with Gasteiger partial charge in [-0.1, -0.05) is 68.9 Å². The van der Waals surface area contributed by atoms with Crippen LogP contribution in [0.25, 0.3) is 0 Å². The van der Waals surface area contributed by atoms with E-state index >= 15 is 0 Å². The molecular formula is C66H65Cl11N24NaO27PS9. The van der Waals surface area contributed by atoms with E-state index in [1.165, 1.54) is 90.7 Å². The summed E-state index contributed by atoms with van der Waals surface area (Å²) in [6, 6.07) is -2.50. The van der Waals surface area contributed by atoms with Crippen molar-refractivity contribution in [2.75, 3.05) is 57.0 Å². The summed E-state index contributed by atoms with van der Waals surface area (Å²) in [6.45, 7) is 15.2. The predicted molar refractivity (Wildman–Crippen MR) is 526 cm³/mol. The molecule has 3 fully saturated rings. The van der Waals surface area contributed by atoms with Gasteiger partial charge in [-0.15, -0.1) is 151 Å². The molecule has 6 atom stereocenters. The maximum atomic E-state index is 12.7. The smallest absolute Gasteiger partial charge is 0.543 e. The summed E-state index contributed by atoms with van der Waals surface area (Å²) in [6.07, 6.45) is 4.27. The normalized spacial score (nSPS) is 17.4. The summed E-state index contributed by atoms with van der Waals surface area (Å²) in [4.78, 5) is 224. The van der Waals surface area contributed by atoms with Crippen LogP contribution in [0.1, 0.15) is 61.9 Å². The molecule has 73 heteroatoms. The number of allylic oxidation sites excluding steroid dienone is 3. The minimum absolute atomic E-state index is 0. The number of aliphatic carboxylic acids is 5. The monoisotopic (exact) mass is 2350 g/mol. The summed E-state index contributed by atoms with van der Waals surface area (Å²) in [5, 5.41) is 94.8. The van der Waals surface area contributed by atoms with Crippen LogP contribution in [-0.2, 0) is 96.1 Å². The topological polar surface area (TPSA) is 822 Å². The molecule has 0 radical (unpaired) electrons. The first-order valence-electron chi connectivity index (χ1n) is 34.8. The number of thiazole rings is 6. The van der Waals surface area contributed by atoms with E-state index in [9.17, 15) is 92.0 Å². The molecule has 6 aromatic heterocycles. The first kappa shape index (κ1) is 127. The Hall–Kier alpha value is -9.81. The van der Waals surface area contributed by atoms with Gasteiger partial charge in [-0.3, -0.25) is 48.3 Å². The number of halogens is 11. The van der Waals surface area contributed by atoms with Crippen molar-refractivity contribution in [3.8, 4) is 0 Å². The first-order valence-corrected chi connectivity index (χ1v) is 51.8. The summed E-state index contributed by atoms with van der Waals surface area (Å²) in [5.41, 5.74) is 37.4. The third kappa shape index (κ3) is 38.9. The van der Waals surface area contributed by atoms with E-state index in [2.05, 4.69) is 111 Å². The van der Waals surface area contributed by atoms with Gasteiger partial charge in [0, 0.05) is 77.2 Å². The number of rotatable bonds is 24. The minimum Gasteiger partial charge on any atom is -0.543 e. The fourth-order valence-electron chi connectivity index (χ4n) is 9.71. The van der Waals surface area contributed by atoms with Crippen molar-refractivity contribution in [1.29, 1.82) is 0 Å². The van der Waals surface area contributed by atoms with Crippen molar-refractivity contribution in [2.24, 2.45) is 36.7 Å². The Morgan fingerprint density at radius 3 is 0.914 bits per heavy atom. The molecule has 6 aromatic rings. The average Bonchev–Trinajstić information content (AvgIpc) is 1.15. The molecule has 3 saturated heterocycles. The zero-order chi connectivity index (χ0) is 103. The molecule has 0 spiro atoms. The number of carbonyl (C=O) groups is 16. The zero-order valence-electron chi connectivity index (χ0n) is 70.0. The largest absolute Gasteiger partial charge is 1.00 e. The number of nitrogens with zero attached hydrogens (tertiary/aromatic N) is 15. The van der Waals surface area contributed by atoms with Crippen LogP contribution in [0.15, 0.2) is 135 Å². The van der Waals surface area contributed by atoms with Crippen LogP contribution in [0.5, 0.6) is 0 Å².